The van der Waals surface area contributed by atoms with E-state index in [2.05, 4.69) is 10.3 Å². The molecule has 0 fully saturated rings. The molecule has 7 nitrogen and oxygen atoms in total. The molecule has 1 N–H and O–H groups in total. The van der Waals surface area contributed by atoms with E-state index >= 15 is 0 Å². The molecule has 26 heavy (non-hydrogen) atoms. The molecule has 0 saturated carbocycles. The van der Waals surface area contributed by atoms with Crippen LogP contribution < -0.4 is 19.5 Å². The summed E-state index contributed by atoms with van der Waals surface area (Å²) in [6.07, 6.45) is 2.98. The van der Waals surface area contributed by atoms with E-state index in [4.69, 9.17) is 18.6 Å². The first-order valence-electron chi connectivity index (χ1n) is 7.76. The second-order valence-electron chi connectivity index (χ2n) is 5.31. The lowest BCUT2D eigenvalue weighted by molar-refractivity contribution is 0.102. The second kappa shape index (κ2) is 7.60. The van der Waals surface area contributed by atoms with Gasteiger partial charge >= 0.3 is 0 Å². The number of carbonyl (C=O) groups is 1. The van der Waals surface area contributed by atoms with Gasteiger partial charge in [-0.1, -0.05) is 12.1 Å². The molecule has 0 radical (unpaired) electrons. The Hall–Kier alpha value is -3.48. The number of nitrogens with zero attached hydrogens (tertiary/aromatic N) is 1. The van der Waals surface area contributed by atoms with E-state index in [1.54, 1.807) is 42.6 Å². The van der Waals surface area contributed by atoms with Gasteiger partial charge in [0, 0.05) is 28.9 Å². The van der Waals surface area contributed by atoms with Crippen molar-refractivity contribution in [1.29, 1.82) is 0 Å². The number of carbonyl (C=O) groups excluding carboxylic acids is 1. The first-order chi connectivity index (χ1) is 12.7. The maximum absolute atomic E-state index is 12.5. The van der Waals surface area contributed by atoms with E-state index in [1.807, 2.05) is 0 Å². The smallest absolute Gasteiger partial charge is 0.255 e. The molecule has 1 heterocycles. The Kier molecular flexibility index (Phi) is 5.07. The Morgan fingerprint density at radius 1 is 1.00 bits per heavy atom. The lowest BCUT2D eigenvalue weighted by Gasteiger charge is -2.14. The van der Waals surface area contributed by atoms with Crippen molar-refractivity contribution in [2.24, 2.45) is 0 Å². The molecule has 3 aromatic rings. The van der Waals surface area contributed by atoms with Crippen LogP contribution in [0.2, 0.25) is 0 Å². The maximum Gasteiger partial charge on any atom is 0.255 e. The highest BCUT2D eigenvalue weighted by atomic mass is 16.5. The van der Waals surface area contributed by atoms with Crippen LogP contribution in [0.3, 0.4) is 0 Å². The number of anilines is 1. The minimum absolute atomic E-state index is 0.261. The van der Waals surface area contributed by atoms with Crippen molar-refractivity contribution in [2.75, 3.05) is 26.6 Å². The summed E-state index contributed by atoms with van der Waals surface area (Å²) in [5.41, 5.74) is 1.87. The minimum atomic E-state index is -0.261. The van der Waals surface area contributed by atoms with Crippen LogP contribution in [0, 0.1) is 0 Å². The Morgan fingerprint density at radius 3 is 2.15 bits per heavy atom. The molecule has 2 aromatic carbocycles. The van der Waals surface area contributed by atoms with Crippen molar-refractivity contribution in [3.05, 3.63) is 54.6 Å². The zero-order valence-corrected chi connectivity index (χ0v) is 14.6. The van der Waals surface area contributed by atoms with Crippen molar-refractivity contribution < 1.29 is 23.4 Å². The van der Waals surface area contributed by atoms with E-state index < -0.39 is 0 Å². The first-order valence-corrected chi connectivity index (χ1v) is 7.76. The van der Waals surface area contributed by atoms with Crippen LogP contribution in [0.15, 0.2) is 53.4 Å². The van der Waals surface area contributed by atoms with Gasteiger partial charge in [0.15, 0.2) is 23.7 Å². The van der Waals surface area contributed by atoms with Gasteiger partial charge in [0.05, 0.1) is 27.5 Å². The predicted octanol–water partition coefficient (Wildman–Crippen LogP) is 3.62. The van der Waals surface area contributed by atoms with Crippen LogP contribution in [-0.2, 0) is 0 Å². The summed E-state index contributed by atoms with van der Waals surface area (Å²) in [7, 11) is 4.56. The van der Waals surface area contributed by atoms with E-state index in [-0.39, 0.29) is 5.91 Å². The second-order valence-corrected chi connectivity index (χ2v) is 5.31. The quantitative estimate of drug-likeness (QED) is 0.728. The number of amides is 1. The summed E-state index contributed by atoms with van der Waals surface area (Å²) in [4.78, 5) is 16.4. The molecule has 0 spiro atoms. The van der Waals surface area contributed by atoms with Crippen molar-refractivity contribution in [3.63, 3.8) is 0 Å². The summed E-state index contributed by atoms with van der Waals surface area (Å²) in [5.74, 6) is 1.76. The summed E-state index contributed by atoms with van der Waals surface area (Å²) >= 11 is 0. The standard InChI is InChI=1S/C19H18N2O5/c1-23-15-8-14(9-16(24-2)18(15)25-3)21-19(22)13-6-4-12(5-7-13)17-10-20-11-26-17/h4-11H,1-3H3,(H,21,22). The van der Waals surface area contributed by atoms with Gasteiger partial charge < -0.3 is 23.9 Å². The fourth-order valence-corrected chi connectivity index (χ4v) is 2.50. The molecule has 7 heteroatoms. The highest BCUT2D eigenvalue weighted by Crippen LogP contribution is 2.40. The summed E-state index contributed by atoms with van der Waals surface area (Å²) < 4.78 is 21.1. The van der Waals surface area contributed by atoms with Crippen LogP contribution >= 0.6 is 0 Å². The number of ether oxygens (including phenoxy) is 3. The number of rotatable bonds is 6. The summed E-state index contributed by atoms with van der Waals surface area (Å²) in [6, 6.07) is 10.4. The van der Waals surface area contributed by atoms with Gasteiger partial charge in [0.25, 0.3) is 5.91 Å². The van der Waals surface area contributed by atoms with Crippen molar-refractivity contribution in [2.45, 2.75) is 0 Å². The fourth-order valence-electron chi connectivity index (χ4n) is 2.50. The molecule has 0 aliphatic heterocycles. The fraction of sp³-hybridized carbons (Fsp3) is 0.158. The highest BCUT2D eigenvalue weighted by molar-refractivity contribution is 6.04. The third-order valence-corrected chi connectivity index (χ3v) is 3.79. The van der Waals surface area contributed by atoms with Gasteiger partial charge in [-0.2, -0.15) is 0 Å². The molecule has 0 aliphatic carbocycles. The van der Waals surface area contributed by atoms with E-state index in [9.17, 15) is 4.79 Å². The van der Waals surface area contributed by atoms with Gasteiger partial charge in [0.2, 0.25) is 5.75 Å². The minimum Gasteiger partial charge on any atom is -0.493 e. The van der Waals surface area contributed by atoms with Crippen molar-refractivity contribution in [3.8, 4) is 28.6 Å². The van der Waals surface area contributed by atoms with Gasteiger partial charge in [-0.05, 0) is 12.1 Å². The van der Waals surface area contributed by atoms with Crippen LogP contribution in [0.5, 0.6) is 17.2 Å². The number of nitrogens with one attached hydrogen (secondary N) is 1. The summed E-state index contributed by atoms with van der Waals surface area (Å²) in [6.45, 7) is 0. The monoisotopic (exact) mass is 354 g/mol. The van der Waals surface area contributed by atoms with Crippen LogP contribution in [0.1, 0.15) is 10.4 Å². The van der Waals surface area contributed by atoms with Crippen LogP contribution in [0.4, 0.5) is 5.69 Å². The Morgan fingerprint density at radius 2 is 1.65 bits per heavy atom. The molecule has 3 rings (SSSR count). The van der Waals surface area contributed by atoms with Crippen LogP contribution in [-0.4, -0.2) is 32.2 Å². The molecular formula is C19H18N2O5. The number of aromatic nitrogens is 1. The topological polar surface area (TPSA) is 82.8 Å². The lowest BCUT2D eigenvalue weighted by Crippen LogP contribution is -2.12. The van der Waals surface area contributed by atoms with Gasteiger partial charge in [-0.15, -0.1) is 0 Å². The number of hydrogen-bond acceptors (Lipinski definition) is 6. The molecule has 1 amide bonds. The third kappa shape index (κ3) is 3.46. The largest absolute Gasteiger partial charge is 0.493 e. The third-order valence-electron chi connectivity index (χ3n) is 3.79. The van der Waals surface area contributed by atoms with Crippen molar-refractivity contribution in [1.82, 2.24) is 4.98 Å². The molecule has 134 valence electrons. The molecule has 0 bridgehead atoms. The van der Waals surface area contributed by atoms with Gasteiger partial charge in [-0.25, -0.2) is 4.98 Å². The highest BCUT2D eigenvalue weighted by Gasteiger charge is 2.15. The zero-order chi connectivity index (χ0) is 18.5. The number of oxazole rings is 1. The normalized spacial score (nSPS) is 10.3. The summed E-state index contributed by atoms with van der Waals surface area (Å²) in [5, 5.41) is 2.82. The molecule has 0 atom stereocenters. The molecular weight excluding hydrogens is 336 g/mol. The van der Waals surface area contributed by atoms with E-state index in [1.165, 1.54) is 27.7 Å². The van der Waals surface area contributed by atoms with Gasteiger partial charge in [-0.3, -0.25) is 4.79 Å². The molecule has 0 unspecified atom stereocenters. The zero-order valence-electron chi connectivity index (χ0n) is 14.6. The van der Waals surface area contributed by atoms with Crippen LogP contribution in [0.25, 0.3) is 11.3 Å². The Balaban J connectivity index is 1.81. The first kappa shape index (κ1) is 17.3. The number of hydrogen-bond donors (Lipinski definition) is 1. The Bertz CT molecular complexity index is 864. The molecule has 0 saturated heterocycles. The average molecular weight is 354 g/mol. The predicted molar refractivity (Wildman–Crippen MR) is 96.0 cm³/mol. The van der Waals surface area contributed by atoms with Gasteiger partial charge in [0.1, 0.15) is 0 Å². The lowest BCUT2D eigenvalue weighted by atomic mass is 10.1. The molecule has 0 aliphatic rings. The van der Waals surface area contributed by atoms with Crippen molar-refractivity contribution >= 4 is 11.6 Å². The Labute approximate surface area is 150 Å². The number of methoxy groups -OCH3 is 3. The average Bonchev–Trinajstić information content (AvgIpc) is 3.22. The SMILES string of the molecule is COc1cc(NC(=O)c2ccc(-c3cnco3)cc2)cc(OC)c1OC. The molecule has 1 aromatic heterocycles. The van der Waals surface area contributed by atoms with E-state index in [0.29, 0.717) is 34.3 Å². The number of benzene rings is 2. The van der Waals surface area contributed by atoms with E-state index in [0.717, 1.165) is 5.56 Å². The maximum atomic E-state index is 12.5.